The second kappa shape index (κ2) is 3.03. The molecule has 2 heterocycles. The van der Waals surface area contributed by atoms with Gasteiger partial charge in [-0.2, -0.15) is 0 Å². The second-order valence-corrected chi connectivity index (χ2v) is 4.10. The summed E-state index contributed by atoms with van der Waals surface area (Å²) in [5.41, 5.74) is 2.59. The minimum absolute atomic E-state index is 0.0279. The number of hydrogen-bond donors (Lipinski definition) is 1. The minimum Gasteiger partial charge on any atom is -0.392 e. The number of aromatic nitrogens is 3. The molecule has 1 aliphatic carbocycles. The molecule has 1 aliphatic rings. The van der Waals surface area contributed by atoms with Gasteiger partial charge in [0.05, 0.1) is 6.61 Å². The van der Waals surface area contributed by atoms with Crippen molar-refractivity contribution in [2.24, 2.45) is 7.05 Å². The van der Waals surface area contributed by atoms with Crippen LogP contribution in [0.3, 0.4) is 0 Å². The molecular weight excluding hydrogens is 190 g/mol. The van der Waals surface area contributed by atoms with Crippen molar-refractivity contribution in [1.82, 2.24) is 14.5 Å². The Morgan fingerprint density at radius 3 is 3.00 bits per heavy atom. The molecule has 0 atom stereocenters. The second-order valence-electron chi connectivity index (χ2n) is 4.10. The average Bonchev–Trinajstić information content (AvgIpc) is 3.04. The molecule has 78 valence electrons. The van der Waals surface area contributed by atoms with Crippen LogP contribution in [0.25, 0.3) is 11.2 Å². The first-order valence-corrected chi connectivity index (χ1v) is 5.22. The molecule has 0 spiro atoms. The zero-order valence-electron chi connectivity index (χ0n) is 8.64. The Balaban J connectivity index is 2.28. The van der Waals surface area contributed by atoms with E-state index in [1.807, 2.05) is 17.7 Å². The van der Waals surface area contributed by atoms with Crippen LogP contribution in [0.15, 0.2) is 12.3 Å². The number of aliphatic hydroxyl groups is 1. The molecule has 0 aliphatic heterocycles. The summed E-state index contributed by atoms with van der Waals surface area (Å²) in [4.78, 5) is 8.90. The first-order valence-electron chi connectivity index (χ1n) is 5.22. The lowest BCUT2D eigenvalue weighted by Crippen LogP contribution is -1.96. The third-order valence-electron chi connectivity index (χ3n) is 2.99. The lowest BCUT2D eigenvalue weighted by molar-refractivity contribution is 0.283. The summed E-state index contributed by atoms with van der Waals surface area (Å²) < 4.78 is 2.05. The molecule has 0 bridgehead atoms. The number of fused-ring (bicyclic) bond motifs is 1. The minimum atomic E-state index is 0.0279. The van der Waals surface area contributed by atoms with Crippen molar-refractivity contribution < 1.29 is 5.11 Å². The highest BCUT2D eigenvalue weighted by Crippen LogP contribution is 2.40. The summed E-state index contributed by atoms with van der Waals surface area (Å²) in [6.07, 6.45) is 4.18. The van der Waals surface area contributed by atoms with E-state index in [1.165, 1.54) is 12.8 Å². The summed E-state index contributed by atoms with van der Waals surface area (Å²) in [7, 11) is 2.00. The van der Waals surface area contributed by atoms with Crippen molar-refractivity contribution in [3.63, 3.8) is 0 Å². The van der Waals surface area contributed by atoms with Gasteiger partial charge in [0.1, 0.15) is 11.3 Å². The van der Waals surface area contributed by atoms with Gasteiger partial charge in [-0.15, -0.1) is 0 Å². The Bertz CT molecular complexity index is 514. The Hall–Kier alpha value is -1.42. The van der Waals surface area contributed by atoms with Crippen LogP contribution in [0.5, 0.6) is 0 Å². The topological polar surface area (TPSA) is 50.9 Å². The van der Waals surface area contributed by atoms with E-state index in [2.05, 4.69) is 9.97 Å². The van der Waals surface area contributed by atoms with Crippen LogP contribution in [0, 0.1) is 0 Å². The van der Waals surface area contributed by atoms with Gasteiger partial charge >= 0.3 is 0 Å². The molecule has 0 aromatic carbocycles. The summed E-state index contributed by atoms with van der Waals surface area (Å²) >= 11 is 0. The molecule has 1 saturated carbocycles. The number of rotatable bonds is 2. The van der Waals surface area contributed by atoms with E-state index in [-0.39, 0.29) is 6.61 Å². The van der Waals surface area contributed by atoms with E-state index in [1.54, 1.807) is 6.20 Å². The molecule has 15 heavy (non-hydrogen) atoms. The molecule has 2 aromatic heterocycles. The van der Waals surface area contributed by atoms with Crippen LogP contribution < -0.4 is 0 Å². The molecule has 1 fully saturated rings. The molecule has 3 rings (SSSR count). The van der Waals surface area contributed by atoms with Gasteiger partial charge in [-0.25, -0.2) is 9.97 Å². The smallest absolute Gasteiger partial charge is 0.160 e. The number of imidazole rings is 1. The van der Waals surface area contributed by atoms with E-state index in [4.69, 9.17) is 0 Å². The maximum Gasteiger partial charge on any atom is 0.160 e. The molecule has 0 amide bonds. The van der Waals surface area contributed by atoms with Gasteiger partial charge in [-0.3, -0.25) is 0 Å². The van der Waals surface area contributed by atoms with Crippen LogP contribution in [-0.4, -0.2) is 19.6 Å². The highest BCUT2D eigenvalue weighted by atomic mass is 16.3. The quantitative estimate of drug-likeness (QED) is 0.801. The van der Waals surface area contributed by atoms with Crippen LogP contribution in [0.1, 0.15) is 30.1 Å². The largest absolute Gasteiger partial charge is 0.392 e. The number of hydrogen-bond acceptors (Lipinski definition) is 3. The molecule has 4 nitrogen and oxygen atoms in total. The van der Waals surface area contributed by atoms with E-state index in [9.17, 15) is 5.11 Å². The molecular formula is C11H13N3O. The Kier molecular flexibility index (Phi) is 1.79. The van der Waals surface area contributed by atoms with Crippen molar-refractivity contribution in [2.45, 2.75) is 25.4 Å². The summed E-state index contributed by atoms with van der Waals surface area (Å²) in [6.45, 7) is 0.0279. The fourth-order valence-corrected chi connectivity index (χ4v) is 1.98. The van der Waals surface area contributed by atoms with Gasteiger partial charge in [0.15, 0.2) is 5.65 Å². The third-order valence-corrected chi connectivity index (χ3v) is 2.99. The summed E-state index contributed by atoms with van der Waals surface area (Å²) in [5, 5.41) is 9.21. The normalized spacial score (nSPS) is 16.1. The lowest BCUT2D eigenvalue weighted by atomic mass is 10.2. The predicted molar refractivity (Wildman–Crippen MR) is 56.4 cm³/mol. The maximum absolute atomic E-state index is 9.21. The lowest BCUT2D eigenvalue weighted by Gasteiger charge is -1.98. The van der Waals surface area contributed by atoms with Gasteiger partial charge < -0.3 is 9.67 Å². The fraction of sp³-hybridized carbons (Fsp3) is 0.455. The van der Waals surface area contributed by atoms with Crippen molar-refractivity contribution in [1.29, 1.82) is 0 Å². The Morgan fingerprint density at radius 2 is 2.33 bits per heavy atom. The summed E-state index contributed by atoms with van der Waals surface area (Å²) in [6, 6.07) is 1.83. The van der Waals surface area contributed by atoms with Crippen LogP contribution in [-0.2, 0) is 13.7 Å². The van der Waals surface area contributed by atoms with Crippen LogP contribution >= 0.6 is 0 Å². The highest BCUT2D eigenvalue weighted by Gasteiger charge is 2.29. The van der Waals surface area contributed by atoms with Gasteiger partial charge in [0.25, 0.3) is 0 Å². The number of nitrogens with zero attached hydrogens (tertiary/aromatic N) is 3. The zero-order chi connectivity index (χ0) is 10.4. The fourth-order valence-electron chi connectivity index (χ4n) is 1.98. The van der Waals surface area contributed by atoms with E-state index >= 15 is 0 Å². The van der Waals surface area contributed by atoms with Gasteiger partial charge in [0.2, 0.25) is 0 Å². The summed E-state index contributed by atoms with van der Waals surface area (Å²) in [5.74, 6) is 1.72. The Morgan fingerprint density at radius 1 is 1.53 bits per heavy atom. The monoisotopic (exact) mass is 203 g/mol. The predicted octanol–water partition coefficient (Wildman–Crippen LogP) is 1.34. The van der Waals surface area contributed by atoms with E-state index in [0.717, 1.165) is 22.6 Å². The van der Waals surface area contributed by atoms with Crippen molar-refractivity contribution in [3.8, 4) is 0 Å². The SMILES string of the molecule is Cn1c(C2CC2)nc2c(CO)ccnc21. The molecule has 0 unspecified atom stereocenters. The van der Waals surface area contributed by atoms with Crippen molar-refractivity contribution >= 4 is 11.2 Å². The zero-order valence-corrected chi connectivity index (χ0v) is 8.64. The molecule has 1 N–H and O–H groups in total. The number of aliphatic hydroxyl groups excluding tert-OH is 1. The third kappa shape index (κ3) is 1.25. The van der Waals surface area contributed by atoms with Gasteiger partial charge in [-0.05, 0) is 18.9 Å². The first kappa shape index (κ1) is 8.85. The van der Waals surface area contributed by atoms with Crippen molar-refractivity contribution in [2.75, 3.05) is 0 Å². The molecule has 4 heteroatoms. The Labute approximate surface area is 87.6 Å². The number of aryl methyl sites for hydroxylation is 1. The molecule has 0 radical (unpaired) electrons. The highest BCUT2D eigenvalue weighted by molar-refractivity contribution is 5.75. The molecule has 0 saturated heterocycles. The van der Waals surface area contributed by atoms with Crippen LogP contribution in [0.2, 0.25) is 0 Å². The first-order chi connectivity index (χ1) is 7.31. The maximum atomic E-state index is 9.21. The average molecular weight is 203 g/mol. The van der Waals surface area contributed by atoms with Crippen molar-refractivity contribution in [3.05, 3.63) is 23.7 Å². The van der Waals surface area contributed by atoms with Gasteiger partial charge in [-0.1, -0.05) is 0 Å². The van der Waals surface area contributed by atoms with Crippen LogP contribution in [0.4, 0.5) is 0 Å². The van der Waals surface area contributed by atoms with E-state index in [0.29, 0.717) is 5.92 Å². The standard InChI is InChI=1S/C11H13N3O/c1-14-10(7-2-3-7)13-9-8(6-15)4-5-12-11(9)14/h4-5,7,15H,2-3,6H2,1H3. The number of pyridine rings is 1. The molecule has 2 aromatic rings. The van der Waals surface area contributed by atoms with Gasteiger partial charge in [0, 0.05) is 24.7 Å². The van der Waals surface area contributed by atoms with E-state index < -0.39 is 0 Å².